The molecule has 1 aromatic carbocycles. The summed E-state index contributed by atoms with van der Waals surface area (Å²) in [6, 6.07) is 5.01. The maximum absolute atomic E-state index is 11.7. The van der Waals surface area contributed by atoms with Gasteiger partial charge in [0.2, 0.25) is 11.8 Å². The molecule has 1 N–H and O–H groups in total. The summed E-state index contributed by atoms with van der Waals surface area (Å²) in [7, 11) is 0. The Labute approximate surface area is 129 Å². The van der Waals surface area contributed by atoms with Crippen LogP contribution in [0.3, 0.4) is 0 Å². The van der Waals surface area contributed by atoms with Crippen LogP contribution in [0.4, 0.5) is 5.69 Å². The van der Waals surface area contributed by atoms with Gasteiger partial charge in [-0.2, -0.15) is 0 Å². The Morgan fingerprint density at radius 3 is 2.50 bits per heavy atom. The first-order valence-electron chi connectivity index (χ1n) is 6.45. The van der Waals surface area contributed by atoms with Gasteiger partial charge in [0.05, 0.1) is 10.0 Å². The fourth-order valence-corrected chi connectivity index (χ4v) is 2.04. The third kappa shape index (κ3) is 5.02. The zero-order valence-corrected chi connectivity index (χ0v) is 13.1. The van der Waals surface area contributed by atoms with Crippen molar-refractivity contribution in [2.45, 2.75) is 26.7 Å². The molecule has 2 amide bonds. The van der Waals surface area contributed by atoms with E-state index in [0.717, 1.165) is 6.42 Å². The summed E-state index contributed by atoms with van der Waals surface area (Å²) in [6.45, 7) is 4.20. The van der Waals surface area contributed by atoms with E-state index in [9.17, 15) is 9.59 Å². The lowest BCUT2D eigenvalue weighted by atomic mass is 10.2. The lowest BCUT2D eigenvalue weighted by Crippen LogP contribution is -2.37. The molecule has 1 rings (SSSR count). The number of amides is 2. The van der Waals surface area contributed by atoms with E-state index in [1.165, 1.54) is 6.92 Å². The van der Waals surface area contributed by atoms with Crippen molar-refractivity contribution in [1.29, 1.82) is 0 Å². The number of carbonyl (C=O) groups excluding carboxylic acids is 2. The van der Waals surface area contributed by atoms with E-state index in [2.05, 4.69) is 5.32 Å². The zero-order chi connectivity index (χ0) is 15.1. The molecule has 0 aliphatic carbocycles. The van der Waals surface area contributed by atoms with Gasteiger partial charge in [-0.15, -0.1) is 0 Å². The third-order valence-electron chi connectivity index (χ3n) is 2.73. The molecule has 0 radical (unpaired) electrons. The fraction of sp³-hybridized carbons (Fsp3) is 0.429. The van der Waals surface area contributed by atoms with Gasteiger partial charge in [-0.25, -0.2) is 0 Å². The van der Waals surface area contributed by atoms with Crippen molar-refractivity contribution in [1.82, 2.24) is 5.32 Å². The molecule has 4 nitrogen and oxygen atoms in total. The van der Waals surface area contributed by atoms with Crippen LogP contribution in [0.5, 0.6) is 0 Å². The quantitative estimate of drug-likeness (QED) is 0.875. The Bertz CT molecular complexity index is 492. The molecule has 0 unspecified atom stereocenters. The first-order valence-corrected chi connectivity index (χ1v) is 7.21. The van der Waals surface area contributed by atoms with Crippen LogP contribution in [0.2, 0.25) is 10.0 Å². The number of nitrogens with zero attached hydrogens (tertiary/aromatic N) is 1. The predicted octanol–water partition coefficient (Wildman–Crippen LogP) is 3.26. The second-order valence-electron chi connectivity index (χ2n) is 4.37. The molecule has 0 bridgehead atoms. The average molecular weight is 317 g/mol. The van der Waals surface area contributed by atoms with Crippen molar-refractivity contribution in [3.05, 3.63) is 28.2 Å². The maximum atomic E-state index is 11.7. The Kier molecular flexibility index (Phi) is 6.82. The van der Waals surface area contributed by atoms with Crippen LogP contribution in [0.25, 0.3) is 0 Å². The summed E-state index contributed by atoms with van der Waals surface area (Å²) in [5.74, 6) is -0.127. The van der Waals surface area contributed by atoms with E-state index in [-0.39, 0.29) is 11.8 Å². The molecule has 1 aromatic rings. The number of anilines is 1. The monoisotopic (exact) mass is 316 g/mol. The van der Waals surface area contributed by atoms with Crippen molar-refractivity contribution in [3.63, 3.8) is 0 Å². The molecular weight excluding hydrogens is 299 g/mol. The summed E-state index contributed by atoms with van der Waals surface area (Å²) >= 11 is 11.8. The summed E-state index contributed by atoms with van der Waals surface area (Å²) in [5.41, 5.74) is 0.664. The van der Waals surface area contributed by atoms with Crippen LogP contribution in [-0.2, 0) is 9.59 Å². The number of rotatable bonds is 6. The van der Waals surface area contributed by atoms with Crippen LogP contribution in [0.1, 0.15) is 26.7 Å². The number of hydrogen-bond acceptors (Lipinski definition) is 2. The molecule has 0 spiro atoms. The Balaban J connectivity index is 2.67. The predicted molar refractivity (Wildman–Crippen MR) is 82.4 cm³/mol. The number of benzene rings is 1. The lowest BCUT2D eigenvalue weighted by Gasteiger charge is -2.21. The molecular formula is C14H18Cl2N2O2. The van der Waals surface area contributed by atoms with Crippen LogP contribution >= 0.6 is 23.2 Å². The van der Waals surface area contributed by atoms with Crippen LogP contribution in [0.15, 0.2) is 18.2 Å². The highest BCUT2D eigenvalue weighted by Crippen LogP contribution is 2.27. The van der Waals surface area contributed by atoms with Crippen molar-refractivity contribution in [3.8, 4) is 0 Å². The molecule has 6 heteroatoms. The highest BCUT2D eigenvalue weighted by molar-refractivity contribution is 6.42. The molecule has 0 atom stereocenters. The molecule has 0 aromatic heterocycles. The standard InChI is InChI=1S/C14H18Cl2N2O2/c1-3-4-14(20)17-7-8-18(10(2)19)11-5-6-12(15)13(16)9-11/h5-6,9H,3-4,7-8H2,1-2H3,(H,17,20). The van der Waals surface area contributed by atoms with Gasteiger partial charge in [0.15, 0.2) is 0 Å². The van der Waals surface area contributed by atoms with E-state index < -0.39 is 0 Å². The molecule has 0 saturated heterocycles. The number of carbonyl (C=O) groups is 2. The second-order valence-corrected chi connectivity index (χ2v) is 5.18. The molecule has 0 fully saturated rings. The van der Waals surface area contributed by atoms with E-state index >= 15 is 0 Å². The first-order chi connectivity index (χ1) is 9.45. The van der Waals surface area contributed by atoms with Crippen LogP contribution < -0.4 is 10.2 Å². The fourth-order valence-electron chi connectivity index (χ4n) is 1.74. The summed E-state index contributed by atoms with van der Waals surface area (Å²) in [4.78, 5) is 24.6. The normalized spacial score (nSPS) is 10.2. The van der Waals surface area contributed by atoms with Crippen molar-refractivity contribution >= 4 is 40.7 Å². The minimum Gasteiger partial charge on any atom is -0.354 e. The largest absolute Gasteiger partial charge is 0.354 e. The smallest absolute Gasteiger partial charge is 0.223 e. The first kappa shape index (κ1) is 16.8. The van der Waals surface area contributed by atoms with E-state index in [0.29, 0.717) is 35.2 Å². The number of nitrogens with one attached hydrogen (secondary N) is 1. The van der Waals surface area contributed by atoms with Gasteiger partial charge in [0, 0.05) is 32.1 Å². The lowest BCUT2D eigenvalue weighted by molar-refractivity contribution is -0.121. The van der Waals surface area contributed by atoms with Gasteiger partial charge in [-0.05, 0) is 24.6 Å². The molecule has 0 aliphatic rings. The Hall–Kier alpha value is -1.26. The van der Waals surface area contributed by atoms with E-state index in [4.69, 9.17) is 23.2 Å². The molecule has 110 valence electrons. The minimum atomic E-state index is -0.117. The molecule has 0 saturated carbocycles. The van der Waals surface area contributed by atoms with Crippen molar-refractivity contribution < 1.29 is 9.59 Å². The van der Waals surface area contributed by atoms with E-state index in [1.54, 1.807) is 23.1 Å². The second kappa shape index (κ2) is 8.12. The van der Waals surface area contributed by atoms with Gasteiger partial charge >= 0.3 is 0 Å². The summed E-state index contributed by atoms with van der Waals surface area (Å²) in [6.07, 6.45) is 1.29. The van der Waals surface area contributed by atoms with Crippen molar-refractivity contribution in [2.24, 2.45) is 0 Å². The maximum Gasteiger partial charge on any atom is 0.223 e. The highest BCUT2D eigenvalue weighted by atomic mass is 35.5. The van der Waals surface area contributed by atoms with Gasteiger partial charge in [-0.3, -0.25) is 9.59 Å². The zero-order valence-electron chi connectivity index (χ0n) is 11.6. The summed E-state index contributed by atoms with van der Waals surface area (Å²) in [5, 5.41) is 3.61. The van der Waals surface area contributed by atoms with Gasteiger partial charge < -0.3 is 10.2 Å². The third-order valence-corrected chi connectivity index (χ3v) is 3.47. The Morgan fingerprint density at radius 1 is 1.25 bits per heavy atom. The van der Waals surface area contributed by atoms with Gasteiger partial charge in [0.1, 0.15) is 0 Å². The highest BCUT2D eigenvalue weighted by Gasteiger charge is 2.13. The van der Waals surface area contributed by atoms with Crippen LogP contribution in [0, 0.1) is 0 Å². The minimum absolute atomic E-state index is 0.00913. The Morgan fingerprint density at radius 2 is 1.95 bits per heavy atom. The molecule has 20 heavy (non-hydrogen) atoms. The van der Waals surface area contributed by atoms with Gasteiger partial charge in [0.25, 0.3) is 0 Å². The SMILES string of the molecule is CCCC(=O)NCCN(C(C)=O)c1ccc(Cl)c(Cl)c1. The number of halogens is 2. The molecule has 0 aliphatic heterocycles. The number of hydrogen-bond donors (Lipinski definition) is 1. The average Bonchev–Trinajstić information content (AvgIpc) is 2.38. The van der Waals surface area contributed by atoms with Gasteiger partial charge in [-0.1, -0.05) is 30.1 Å². The van der Waals surface area contributed by atoms with Crippen LogP contribution in [-0.4, -0.2) is 24.9 Å². The topological polar surface area (TPSA) is 49.4 Å². The summed E-state index contributed by atoms with van der Waals surface area (Å²) < 4.78 is 0. The molecule has 0 heterocycles. The van der Waals surface area contributed by atoms with E-state index in [1.807, 2.05) is 6.92 Å². The van der Waals surface area contributed by atoms with Crippen molar-refractivity contribution in [2.75, 3.05) is 18.0 Å².